The molecule has 0 saturated carbocycles. The van der Waals surface area contributed by atoms with Crippen molar-refractivity contribution in [2.24, 2.45) is 0 Å². The molecule has 2 aromatic heterocycles. The van der Waals surface area contributed by atoms with E-state index in [4.69, 9.17) is 9.40 Å². The predicted molar refractivity (Wildman–Crippen MR) is 192 cm³/mol. The lowest BCUT2D eigenvalue weighted by Crippen LogP contribution is -2.11. The second-order valence-electron chi connectivity index (χ2n) is 11.6. The second-order valence-corrected chi connectivity index (χ2v) is 11.6. The van der Waals surface area contributed by atoms with Crippen LogP contribution >= 0.6 is 0 Å². The first kappa shape index (κ1) is 26.2. The summed E-state index contributed by atoms with van der Waals surface area (Å²) in [7, 11) is 0. The van der Waals surface area contributed by atoms with E-state index in [1.165, 1.54) is 21.9 Å². The molecule has 46 heavy (non-hydrogen) atoms. The van der Waals surface area contributed by atoms with Gasteiger partial charge in [0, 0.05) is 33.6 Å². The number of aromatic nitrogens is 1. The fourth-order valence-corrected chi connectivity index (χ4v) is 6.77. The normalized spacial score (nSPS) is 11.5. The molecule has 0 spiro atoms. The standard InChI is InChI=1S/C43H28N2O/c1-2-11-30(12-3-1)36-17-8-9-20-40(36)45(33-24-21-32(22-25-33)35-19-10-15-29-13-4-6-16-34(29)35)41-28-44-27-39-38-26-23-31-14-5-7-18-37(31)42(38)46-43(39)41/h1-28H. The number of hydrogen-bond donors (Lipinski definition) is 0. The molecule has 0 radical (unpaired) electrons. The first-order valence-electron chi connectivity index (χ1n) is 15.5. The van der Waals surface area contributed by atoms with E-state index in [1.807, 2.05) is 12.4 Å². The number of hydrogen-bond acceptors (Lipinski definition) is 3. The molecule has 9 rings (SSSR count). The summed E-state index contributed by atoms with van der Waals surface area (Å²) in [6, 6.07) is 55.7. The lowest BCUT2D eigenvalue weighted by Gasteiger charge is -2.27. The summed E-state index contributed by atoms with van der Waals surface area (Å²) in [6.45, 7) is 0. The van der Waals surface area contributed by atoms with Gasteiger partial charge in [-0.3, -0.25) is 4.98 Å². The van der Waals surface area contributed by atoms with Crippen LogP contribution in [-0.4, -0.2) is 4.98 Å². The fourth-order valence-electron chi connectivity index (χ4n) is 6.77. The molecule has 2 heterocycles. The summed E-state index contributed by atoms with van der Waals surface area (Å²) in [6.07, 6.45) is 3.84. The van der Waals surface area contributed by atoms with Crippen LogP contribution in [0.25, 0.3) is 65.7 Å². The van der Waals surface area contributed by atoms with E-state index < -0.39 is 0 Å². The van der Waals surface area contributed by atoms with Crippen molar-refractivity contribution in [2.75, 3.05) is 4.90 Å². The van der Waals surface area contributed by atoms with Crippen molar-refractivity contribution in [3.63, 3.8) is 0 Å². The highest BCUT2D eigenvalue weighted by Crippen LogP contribution is 2.46. The molecule has 0 bridgehead atoms. The Hall–Kier alpha value is -6.19. The summed E-state index contributed by atoms with van der Waals surface area (Å²) >= 11 is 0. The smallest absolute Gasteiger partial charge is 0.162 e. The summed E-state index contributed by atoms with van der Waals surface area (Å²) in [5, 5.41) is 6.78. The van der Waals surface area contributed by atoms with Crippen LogP contribution in [0, 0.1) is 0 Å². The number of nitrogens with zero attached hydrogens (tertiary/aromatic N) is 2. The molecule has 0 aliphatic heterocycles. The van der Waals surface area contributed by atoms with Gasteiger partial charge in [0.1, 0.15) is 11.3 Å². The number of para-hydroxylation sites is 1. The minimum Gasteiger partial charge on any atom is -0.453 e. The van der Waals surface area contributed by atoms with Crippen LogP contribution in [0.5, 0.6) is 0 Å². The van der Waals surface area contributed by atoms with Gasteiger partial charge in [-0.05, 0) is 57.1 Å². The number of pyridine rings is 1. The van der Waals surface area contributed by atoms with Crippen molar-refractivity contribution in [1.82, 2.24) is 4.98 Å². The molecule has 0 N–H and O–H groups in total. The van der Waals surface area contributed by atoms with E-state index in [-0.39, 0.29) is 0 Å². The van der Waals surface area contributed by atoms with Crippen LogP contribution in [0.2, 0.25) is 0 Å². The Morgan fingerprint density at radius 2 is 1.04 bits per heavy atom. The third kappa shape index (κ3) is 4.25. The van der Waals surface area contributed by atoms with E-state index in [9.17, 15) is 0 Å². The van der Waals surface area contributed by atoms with Crippen LogP contribution in [0.3, 0.4) is 0 Å². The Kier molecular flexibility index (Phi) is 6.14. The van der Waals surface area contributed by atoms with Gasteiger partial charge in [-0.1, -0.05) is 133 Å². The summed E-state index contributed by atoms with van der Waals surface area (Å²) < 4.78 is 6.83. The van der Waals surface area contributed by atoms with Gasteiger partial charge >= 0.3 is 0 Å². The van der Waals surface area contributed by atoms with Crippen LogP contribution in [0.4, 0.5) is 17.1 Å². The van der Waals surface area contributed by atoms with Crippen LogP contribution in [-0.2, 0) is 0 Å². The van der Waals surface area contributed by atoms with Gasteiger partial charge in [-0.2, -0.15) is 0 Å². The van der Waals surface area contributed by atoms with E-state index >= 15 is 0 Å². The molecule has 3 heteroatoms. The molecule has 3 nitrogen and oxygen atoms in total. The van der Waals surface area contributed by atoms with Gasteiger partial charge in [0.2, 0.25) is 0 Å². The quantitative estimate of drug-likeness (QED) is 0.200. The first-order chi connectivity index (χ1) is 22.8. The van der Waals surface area contributed by atoms with Gasteiger partial charge in [0.15, 0.2) is 5.58 Å². The third-order valence-electron chi connectivity index (χ3n) is 8.95. The van der Waals surface area contributed by atoms with Crippen molar-refractivity contribution >= 4 is 60.5 Å². The first-order valence-corrected chi connectivity index (χ1v) is 15.5. The van der Waals surface area contributed by atoms with Gasteiger partial charge in [0.25, 0.3) is 0 Å². The van der Waals surface area contributed by atoms with Gasteiger partial charge in [-0.15, -0.1) is 0 Å². The average Bonchev–Trinajstić information content (AvgIpc) is 3.53. The summed E-state index contributed by atoms with van der Waals surface area (Å²) in [5.41, 5.74) is 9.30. The number of fused-ring (bicyclic) bond motifs is 6. The predicted octanol–water partition coefficient (Wildman–Crippen LogP) is 12.1. The summed E-state index contributed by atoms with van der Waals surface area (Å²) in [5.74, 6) is 0. The lowest BCUT2D eigenvalue weighted by molar-refractivity contribution is 0.672. The van der Waals surface area contributed by atoms with Crippen molar-refractivity contribution in [2.45, 2.75) is 0 Å². The van der Waals surface area contributed by atoms with E-state index in [0.29, 0.717) is 0 Å². The molecular weight excluding hydrogens is 560 g/mol. The summed E-state index contributed by atoms with van der Waals surface area (Å²) in [4.78, 5) is 7.07. The maximum absolute atomic E-state index is 6.83. The largest absolute Gasteiger partial charge is 0.453 e. The highest BCUT2D eigenvalue weighted by molar-refractivity contribution is 6.17. The van der Waals surface area contributed by atoms with Crippen molar-refractivity contribution in [1.29, 1.82) is 0 Å². The topological polar surface area (TPSA) is 29.3 Å². The molecule has 0 aliphatic carbocycles. The molecule has 0 saturated heterocycles. The molecule has 0 fully saturated rings. The molecule has 0 amide bonds. The van der Waals surface area contributed by atoms with Crippen molar-refractivity contribution in [3.8, 4) is 22.3 Å². The highest BCUT2D eigenvalue weighted by atomic mass is 16.3. The van der Waals surface area contributed by atoms with Crippen LogP contribution < -0.4 is 4.90 Å². The van der Waals surface area contributed by atoms with E-state index in [0.717, 1.165) is 60.9 Å². The Balaban J connectivity index is 1.28. The third-order valence-corrected chi connectivity index (χ3v) is 8.95. The Bertz CT molecular complexity index is 2530. The monoisotopic (exact) mass is 588 g/mol. The Morgan fingerprint density at radius 1 is 0.391 bits per heavy atom. The fraction of sp³-hybridized carbons (Fsp3) is 0. The van der Waals surface area contributed by atoms with E-state index in [2.05, 4.69) is 163 Å². The Morgan fingerprint density at radius 3 is 1.89 bits per heavy atom. The minimum absolute atomic E-state index is 0.808. The SMILES string of the molecule is c1ccc(-c2ccccc2N(c2ccc(-c3cccc4ccccc34)cc2)c2cncc3c2oc2c4ccccc4ccc32)cc1. The van der Waals surface area contributed by atoms with Gasteiger partial charge in [-0.25, -0.2) is 0 Å². The van der Waals surface area contributed by atoms with Crippen molar-refractivity contribution in [3.05, 3.63) is 170 Å². The zero-order valence-electron chi connectivity index (χ0n) is 25.0. The molecule has 7 aromatic carbocycles. The second kappa shape index (κ2) is 10.8. The number of benzene rings is 7. The maximum atomic E-state index is 6.83. The molecule has 216 valence electrons. The van der Waals surface area contributed by atoms with Gasteiger partial charge in [0.05, 0.1) is 11.9 Å². The number of furan rings is 1. The zero-order valence-corrected chi connectivity index (χ0v) is 25.0. The zero-order chi connectivity index (χ0) is 30.5. The van der Waals surface area contributed by atoms with Gasteiger partial charge < -0.3 is 9.32 Å². The molecular formula is C43H28N2O. The Labute approximate surface area is 266 Å². The molecule has 0 aliphatic rings. The molecule has 0 atom stereocenters. The number of rotatable bonds is 5. The molecule has 9 aromatic rings. The van der Waals surface area contributed by atoms with Crippen LogP contribution in [0.15, 0.2) is 175 Å². The lowest BCUT2D eigenvalue weighted by atomic mass is 9.97. The molecule has 0 unspecified atom stereocenters. The van der Waals surface area contributed by atoms with Crippen molar-refractivity contribution < 1.29 is 4.42 Å². The maximum Gasteiger partial charge on any atom is 0.162 e. The highest BCUT2D eigenvalue weighted by Gasteiger charge is 2.23. The minimum atomic E-state index is 0.808. The average molecular weight is 589 g/mol. The number of anilines is 3. The van der Waals surface area contributed by atoms with E-state index in [1.54, 1.807) is 0 Å². The van der Waals surface area contributed by atoms with Crippen LogP contribution in [0.1, 0.15) is 0 Å².